The summed E-state index contributed by atoms with van der Waals surface area (Å²) < 4.78 is 1.93. The van der Waals surface area contributed by atoms with Crippen molar-refractivity contribution in [1.29, 1.82) is 5.26 Å². The number of hydrogen-bond donors (Lipinski definition) is 0. The summed E-state index contributed by atoms with van der Waals surface area (Å²) in [6.07, 6.45) is 8.55. The van der Waals surface area contributed by atoms with Gasteiger partial charge in [0, 0.05) is 28.8 Å². The van der Waals surface area contributed by atoms with Gasteiger partial charge in [0.15, 0.2) is 5.78 Å². The minimum atomic E-state index is -0.505. The van der Waals surface area contributed by atoms with E-state index in [1.54, 1.807) is 6.20 Å². The first-order valence-electron chi connectivity index (χ1n) is 10.4. The van der Waals surface area contributed by atoms with Gasteiger partial charge in [-0.05, 0) is 43.9 Å². The number of hydrogen-bond acceptors (Lipinski definition) is 6. The number of aromatic nitrogens is 5. The standard InChI is InChI=1S/C24H22N6O/c1-14-4-5-17(12-27-14)30-23-18(21(29-30)20-8-9-26-13-28-20)6-7-19-15(2)22(31)16(11-25)10-24(19,23)3/h4-5,8-10,12-13,15,19H,6-7H2,1-3H3/t15-,19-,24-/m1/s1. The zero-order chi connectivity index (χ0) is 21.8. The summed E-state index contributed by atoms with van der Waals surface area (Å²) in [5.41, 5.74) is 5.19. The molecule has 3 heterocycles. The Morgan fingerprint density at radius 1 is 1.26 bits per heavy atom. The van der Waals surface area contributed by atoms with Crippen molar-refractivity contribution in [3.63, 3.8) is 0 Å². The van der Waals surface area contributed by atoms with Crippen LogP contribution in [0.1, 0.15) is 37.2 Å². The van der Waals surface area contributed by atoms with Gasteiger partial charge < -0.3 is 0 Å². The topological polar surface area (TPSA) is 97.4 Å². The van der Waals surface area contributed by atoms with E-state index in [1.165, 1.54) is 6.33 Å². The fourth-order valence-electron chi connectivity index (χ4n) is 5.26. The third-order valence-electron chi connectivity index (χ3n) is 6.78. The van der Waals surface area contributed by atoms with Gasteiger partial charge in [-0.1, -0.05) is 19.9 Å². The third kappa shape index (κ3) is 2.82. The monoisotopic (exact) mass is 410 g/mol. The number of fused-ring (bicyclic) bond motifs is 3. The Bertz CT molecular complexity index is 1250. The van der Waals surface area contributed by atoms with Gasteiger partial charge >= 0.3 is 0 Å². The summed E-state index contributed by atoms with van der Waals surface area (Å²) in [5, 5.41) is 14.6. The summed E-state index contributed by atoms with van der Waals surface area (Å²) in [5.74, 6) is -0.191. The smallest absolute Gasteiger partial charge is 0.176 e. The molecule has 3 aromatic rings. The molecule has 0 aliphatic heterocycles. The second-order valence-electron chi connectivity index (χ2n) is 8.59. The lowest BCUT2D eigenvalue weighted by Crippen LogP contribution is -2.46. The van der Waals surface area contributed by atoms with Crippen molar-refractivity contribution in [1.82, 2.24) is 24.7 Å². The fraction of sp³-hybridized carbons (Fsp3) is 0.333. The number of allylic oxidation sites excluding steroid dienone is 2. The van der Waals surface area contributed by atoms with Crippen LogP contribution in [0.25, 0.3) is 17.1 Å². The summed E-state index contributed by atoms with van der Waals surface area (Å²) in [6.45, 7) is 6.02. The lowest BCUT2D eigenvalue weighted by Gasteiger charge is -2.45. The van der Waals surface area contributed by atoms with Crippen molar-refractivity contribution in [2.75, 3.05) is 0 Å². The number of nitrogens with zero attached hydrogens (tertiary/aromatic N) is 6. The van der Waals surface area contributed by atoms with Gasteiger partial charge in [-0.2, -0.15) is 10.4 Å². The lowest BCUT2D eigenvalue weighted by atomic mass is 9.58. The van der Waals surface area contributed by atoms with E-state index in [2.05, 4.69) is 27.9 Å². The number of carbonyl (C=O) groups is 1. The van der Waals surface area contributed by atoms with Gasteiger partial charge in [-0.3, -0.25) is 9.78 Å². The van der Waals surface area contributed by atoms with Crippen molar-refractivity contribution in [2.24, 2.45) is 11.8 Å². The van der Waals surface area contributed by atoms with Crippen LogP contribution in [0.3, 0.4) is 0 Å². The summed E-state index contributed by atoms with van der Waals surface area (Å²) >= 11 is 0. The highest BCUT2D eigenvalue weighted by Gasteiger charge is 2.50. The van der Waals surface area contributed by atoms with E-state index < -0.39 is 5.41 Å². The molecule has 2 aliphatic carbocycles. The van der Waals surface area contributed by atoms with E-state index in [-0.39, 0.29) is 23.2 Å². The van der Waals surface area contributed by atoms with Crippen molar-refractivity contribution in [2.45, 2.75) is 39.0 Å². The molecule has 154 valence electrons. The predicted molar refractivity (Wildman–Crippen MR) is 114 cm³/mol. The molecule has 0 N–H and O–H groups in total. The zero-order valence-corrected chi connectivity index (χ0v) is 17.7. The molecular weight excluding hydrogens is 388 g/mol. The van der Waals surface area contributed by atoms with Crippen molar-refractivity contribution < 1.29 is 4.79 Å². The van der Waals surface area contributed by atoms with Crippen molar-refractivity contribution in [3.8, 4) is 23.1 Å². The second kappa shape index (κ2) is 6.95. The highest BCUT2D eigenvalue weighted by atomic mass is 16.1. The van der Waals surface area contributed by atoms with Gasteiger partial charge in [0.1, 0.15) is 18.1 Å². The van der Waals surface area contributed by atoms with E-state index >= 15 is 0 Å². The summed E-state index contributed by atoms with van der Waals surface area (Å²) in [6, 6.07) is 7.94. The van der Waals surface area contributed by atoms with Crippen LogP contribution in [0.15, 0.2) is 48.6 Å². The Labute approximate surface area is 180 Å². The fourth-order valence-corrected chi connectivity index (χ4v) is 5.26. The Balaban J connectivity index is 1.82. The maximum absolute atomic E-state index is 12.7. The quantitative estimate of drug-likeness (QED) is 0.641. The Hall–Kier alpha value is -3.66. The average Bonchev–Trinajstić information content (AvgIpc) is 3.18. The first-order chi connectivity index (χ1) is 14.9. The number of nitriles is 1. The maximum atomic E-state index is 12.7. The van der Waals surface area contributed by atoms with E-state index in [0.29, 0.717) is 0 Å². The van der Waals surface area contributed by atoms with Crippen LogP contribution in [-0.4, -0.2) is 30.5 Å². The van der Waals surface area contributed by atoms with Crippen LogP contribution < -0.4 is 0 Å². The number of ketones is 1. The molecule has 3 atom stereocenters. The SMILES string of the molecule is Cc1ccc(-n2nc(-c3ccncn3)c3c2[C@]2(C)C=C(C#N)C(=O)[C@H](C)[C@H]2CC3)cn1. The Kier molecular flexibility index (Phi) is 4.33. The van der Waals surface area contributed by atoms with Gasteiger partial charge in [-0.25, -0.2) is 14.6 Å². The third-order valence-corrected chi connectivity index (χ3v) is 6.78. The lowest BCUT2D eigenvalue weighted by molar-refractivity contribution is -0.121. The molecule has 0 fully saturated rings. The summed E-state index contributed by atoms with van der Waals surface area (Å²) in [7, 11) is 0. The van der Waals surface area contributed by atoms with Crippen molar-refractivity contribution >= 4 is 5.78 Å². The molecule has 31 heavy (non-hydrogen) atoms. The van der Waals surface area contributed by atoms with Gasteiger partial charge in [0.25, 0.3) is 0 Å². The molecule has 5 rings (SSSR count). The molecule has 3 aromatic heterocycles. The minimum absolute atomic E-state index is 0.0625. The van der Waals surface area contributed by atoms with Crippen LogP contribution in [0.5, 0.6) is 0 Å². The molecule has 0 bridgehead atoms. The number of pyridine rings is 1. The van der Waals surface area contributed by atoms with Crippen molar-refractivity contribution in [3.05, 3.63) is 65.5 Å². The van der Waals surface area contributed by atoms with Crippen LogP contribution in [-0.2, 0) is 16.6 Å². The van der Waals surface area contributed by atoms with Gasteiger partial charge in [0.05, 0.1) is 28.8 Å². The number of rotatable bonds is 2. The largest absolute Gasteiger partial charge is 0.293 e. The van der Waals surface area contributed by atoms with Crippen LogP contribution in [0, 0.1) is 30.1 Å². The highest BCUT2D eigenvalue weighted by Crippen LogP contribution is 2.51. The molecule has 0 amide bonds. The van der Waals surface area contributed by atoms with Gasteiger partial charge in [-0.15, -0.1) is 0 Å². The molecule has 0 radical (unpaired) electrons. The molecule has 7 nitrogen and oxygen atoms in total. The molecule has 0 saturated heterocycles. The van der Waals surface area contributed by atoms with Gasteiger partial charge in [0.2, 0.25) is 0 Å². The molecular formula is C24H22N6O. The molecule has 0 saturated carbocycles. The number of aryl methyl sites for hydroxylation is 1. The predicted octanol–water partition coefficient (Wildman–Crippen LogP) is 3.52. The average molecular weight is 410 g/mol. The van der Waals surface area contributed by atoms with E-state index in [1.807, 2.05) is 49.0 Å². The zero-order valence-electron chi connectivity index (χ0n) is 17.7. The van der Waals surface area contributed by atoms with E-state index in [9.17, 15) is 10.1 Å². The molecule has 0 spiro atoms. The maximum Gasteiger partial charge on any atom is 0.176 e. The van der Waals surface area contributed by atoms with Crippen LogP contribution in [0.4, 0.5) is 0 Å². The first-order valence-corrected chi connectivity index (χ1v) is 10.4. The molecule has 0 unspecified atom stereocenters. The second-order valence-corrected chi connectivity index (χ2v) is 8.59. The molecule has 7 heteroatoms. The highest BCUT2D eigenvalue weighted by molar-refractivity contribution is 6.02. The Morgan fingerprint density at radius 2 is 2.10 bits per heavy atom. The minimum Gasteiger partial charge on any atom is -0.293 e. The van der Waals surface area contributed by atoms with E-state index in [4.69, 9.17) is 5.10 Å². The number of carbonyl (C=O) groups excluding carboxylic acids is 1. The molecule has 0 aromatic carbocycles. The first kappa shape index (κ1) is 19.3. The van der Waals surface area contributed by atoms with E-state index in [0.717, 1.165) is 46.9 Å². The van der Waals surface area contributed by atoms with Crippen LogP contribution in [0.2, 0.25) is 0 Å². The summed E-state index contributed by atoms with van der Waals surface area (Å²) in [4.78, 5) is 25.7. The Morgan fingerprint density at radius 3 is 2.77 bits per heavy atom. The molecule has 2 aliphatic rings. The normalized spacial score (nSPS) is 24.7. The van der Waals surface area contributed by atoms with Crippen LogP contribution >= 0.6 is 0 Å². The number of Topliss-reactive ketones (excluding diaryl/α,β-unsaturated/α-hetero) is 1.